The van der Waals surface area contributed by atoms with Crippen LogP contribution in [0.25, 0.3) is 0 Å². The van der Waals surface area contributed by atoms with Gasteiger partial charge in [-0.2, -0.15) is 11.8 Å². The molecule has 10 heteroatoms. The Morgan fingerprint density at radius 1 is 1.03 bits per heavy atom. The number of primary amides is 1. The largest absolute Gasteiger partial charge is 0.443 e. The normalized spacial score (nSPS) is 16.3. The molecule has 1 rings (SSSR count). The minimum Gasteiger partial charge on any atom is -0.443 e. The van der Waals surface area contributed by atoms with Gasteiger partial charge in [-0.25, -0.2) is 10.2 Å². The van der Waals surface area contributed by atoms with Gasteiger partial charge in [0, 0.05) is 17.0 Å². The lowest BCUT2D eigenvalue weighted by Crippen LogP contribution is -2.67. The molecule has 0 saturated carbocycles. The van der Waals surface area contributed by atoms with Crippen LogP contribution in [0.2, 0.25) is 0 Å². The van der Waals surface area contributed by atoms with Crippen LogP contribution in [0.15, 0.2) is 30.3 Å². The second-order valence-corrected chi connectivity index (χ2v) is 13.7. The summed E-state index contributed by atoms with van der Waals surface area (Å²) in [6.07, 6.45) is -1.56. The monoisotopic (exact) mass is 538 g/mol. The van der Waals surface area contributed by atoms with Crippen molar-refractivity contribution in [1.82, 2.24) is 16.2 Å². The third kappa shape index (κ3) is 10.2. The first kappa shape index (κ1) is 32.7. The molecule has 0 heterocycles. The van der Waals surface area contributed by atoms with Gasteiger partial charge in [-0.1, -0.05) is 65.0 Å². The Kier molecular flexibility index (Phi) is 11.5. The van der Waals surface area contributed by atoms with Crippen molar-refractivity contribution in [2.24, 2.45) is 17.1 Å². The van der Waals surface area contributed by atoms with Gasteiger partial charge in [-0.3, -0.25) is 15.0 Å². The van der Waals surface area contributed by atoms with Crippen LogP contribution in [0.3, 0.4) is 0 Å². The SMILES string of the molecule is CC(C)[C@](Cc1ccccc1)(NC(=O)C(C)(CSC(C)(C)C)C(N)=O)[C@@H](O)CNNC(=O)OC(C)(C)C. The predicted octanol–water partition coefficient (Wildman–Crippen LogP) is 3.15. The Morgan fingerprint density at radius 3 is 2.05 bits per heavy atom. The smallest absolute Gasteiger partial charge is 0.422 e. The zero-order valence-corrected chi connectivity index (χ0v) is 24.5. The molecule has 0 aromatic heterocycles. The average molecular weight is 539 g/mol. The van der Waals surface area contributed by atoms with Gasteiger partial charge in [0.2, 0.25) is 11.8 Å². The summed E-state index contributed by atoms with van der Waals surface area (Å²) >= 11 is 1.47. The maximum Gasteiger partial charge on any atom is 0.422 e. The number of rotatable bonds is 12. The number of aliphatic hydroxyl groups excluding tert-OH is 1. The molecule has 0 aliphatic rings. The van der Waals surface area contributed by atoms with E-state index in [1.807, 2.05) is 65.0 Å². The lowest BCUT2D eigenvalue weighted by Gasteiger charge is -2.44. The molecule has 37 heavy (non-hydrogen) atoms. The number of amides is 3. The highest BCUT2D eigenvalue weighted by atomic mass is 32.2. The molecule has 0 aliphatic heterocycles. The van der Waals surface area contributed by atoms with Crippen molar-refractivity contribution in [1.29, 1.82) is 0 Å². The first-order valence-corrected chi connectivity index (χ1v) is 13.5. The molecule has 0 radical (unpaired) electrons. The number of hydrogen-bond donors (Lipinski definition) is 5. The van der Waals surface area contributed by atoms with Gasteiger partial charge in [0.15, 0.2) is 0 Å². The molecule has 6 N–H and O–H groups in total. The maximum absolute atomic E-state index is 13.7. The second-order valence-electron chi connectivity index (χ2n) is 11.9. The van der Waals surface area contributed by atoms with Crippen molar-refractivity contribution in [2.75, 3.05) is 12.3 Å². The lowest BCUT2D eigenvalue weighted by atomic mass is 9.75. The van der Waals surface area contributed by atoms with Crippen molar-refractivity contribution >= 4 is 29.7 Å². The van der Waals surface area contributed by atoms with Crippen molar-refractivity contribution in [3.63, 3.8) is 0 Å². The third-order valence-electron chi connectivity index (χ3n) is 6.03. The standard InChI is InChI=1S/C27H46N4O5S/c1-18(2)27(15-19-13-11-10-12-14-19,20(32)16-29-31-23(35)36-24(3,4)5)30-22(34)26(9,21(28)33)17-37-25(6,7)8/h10-14,18,20,29,32H,15-17H2,1-9H3,(H2,28,33)(H,30,34)(H,31,35)/t20-,26?,27-/m0/s1. The van der Waals surface area contributed by atoms with Crippen LogP contribution >= 0.6 is 11.8 Å². The Morgan fingerprint density at radius 2 is 1.59 bits per heavy atom. The predicted molar refractivity (Wildman–Crippen MR) is 149 cm³/mol. The van der Waals surface area contributed by atoms with Crippen molar-refractivity contribution < 1.29 is 24.2 Å². The highest BCUT2D eigenvalue weighted by molar-refractivity contribution is 8.00. The maximum atomic E-state index is 13.7. The highest BCUT2D eigenvalue weighted by Crippen LogP contribution is 2.34. The zero-order chi connectivity index (χ0) is 28.7. The quantitative estimate of drug-likeness (QED) is 0.203. The Labute approximate surface area is 226 Å². The fraction of sp³-hybridized carbons (Fsp3) is 0.667. The van der Waals surface area contributed by atoms with Crippen LogP contribution in [0.4, 0.5) is 4.79 Å². The number of aliphatic hydroxyl groups is 1. The van der Waals surface area contributed by atoms with Gasteiger partial charge in [0.05, 0.1) is 11.6 Å². The minimum atomic E-state index is -1.50. The number of benzene rings is 1. The summed E-state index contributed by atoms with van der Waals surface area (Å²) < 4.78 is 5.03. The van der Waals surface area contributed by atoms with Crippen LogP contribution in [0.1, 0.15) is 67.9 Å². The summed E-state index contributed by atoms with van der Waals surface area (Å²) in [6, 6.07) is 9.46. The molecular weight excluding hydrogens is 492 g/mol. The van der Waals surface area contributed by atoms with Crippen molar-refractivity contribution in [3.8, 4) is 0 Å². The number of nitrogens with two attached hydrogens (primary N) is 1. The van der Waals surface area contributed by atoms with Gasteiger partial charge < -0.3 is 20.9 Å². The van der Waals surface area contributed by atoms with Gasteiger partial charge in [-0.15, -0.1) is 0 Å². The molecule has 1 aromatic carbocycles. The highest BCUT2D eigenvalue weighted by Gasteiger charge is 2.48. The summed E-state index contributed by atoms with van der Waals surface area (Å²) in [5.41, 5.74) is 8.39. The molecule has 210 valence electrons. The topological polar surface area (TPSA) is 143 Å². The van der Waals surface area contributed by atoms with E-state index in [0.29, 0.717) is 0 Å². The number of carbonyl (C=O) groups is 3. The van der Waals surface area contributed by atoms with Gasteiger partial charge >= 0.3 is 6.09 Å². The van der Waals surface area contributed by atoms with E-state index in [1.165, 1.54) is 18.7 Å². The van der Waals surface area contributed by atoms with E-state index in [-0.39, 0.29) is 29.4 Å². The third-order valence-corrected chi connectivity index (χ3v) is 7.62. The van der Waals surface area contributed by atoms with E-state index in [2.05, 4.69) is 16.2 Å². The van der Waals surface area contributed by atoms with E-state index in [1.54, 1.807) is 20.8 Å². The van der Waals surface area contributed by atoms with Gasteiger partial charge in [-0.05, 0) is 45.6 Å². The molecule has 0 saturated heterocycles. The Hall–Kier alpha value is -2.30. The molecule has 1 aromatic rings. The Bertz CT molecular complexity index is 914. The van der Waals surface area contributed by atoms with E-state index >= 15 is 0 Å². The fourth-order valence-corrected chi connectivity index (χ4v) is 4.57. The molecule has 0 aliphatic carbocycles. The second kappa shape index (κ2) is 13.0. The van der Waals surface area contributed by atoms with Gasteiger partial charge in [0.1, 0.15) is 11.0 Å². The first-order valence-electron chi connectivity index (χ1n) is 12.5. The van der Waals surface area contributed by atoms with E-state index < -0.39 is 40.6 Å². The number of hydrogen-bond acceptors (Lipinski definition) is 7. The lowest BCUT2D eigenvalue weighted by molar-refractivity contribution is -0.142. The van der Waals surface area contributed by atoms with Crippen LogP contribution < -0.4 is 21.9 Å². The van der Waals surface area contributed by atoms with Crippen molar-refractivity contribution in [3.05, 3.63) is 35.9 Å². The van der Waals surface area contributed by atoms with Gasteiger partial charge in [0.25, 0.3) is 0 Å². The number of hydrazine groups is 1. The molecule has 0 fully saturated rings. The number of nitrogens with one attached hydrogen (secondary N) is 3. The molecule has 0 spiro atoms. The molecule has 1 unspecified atom stereocenters. The van der Waals surface area contributed by atoms with E-state index in [4.69, 9.17) is 10.5 Å². The van der Waals surface area contributed by atoms with Crippen LogP contribution in [-0.2, 0) is 20.7 Å². The first-order chi connectivity index (χ1) is 16.8. The fourth-order valence-electron chi connectivity index (χ4n) is 3.58. The Balaban J connectivity index is 3.29. The van der Waals surface area contributed by atoms with Crippen LogP contribution in [0.5, 0.6) is 0 Å². The molecule has 3 amide bonds. The summed E-state index contributed by atoms with van der Waals surface area (Å²) in [4.78, 5) is 38.3. The summed E-state index contributed by atoms with van der Waals surface area (Å²) in [6.45, 7) is 16.4. The molecule has 9 nitrogen and oxygen atoms in total. The minimum absolute atomic E-state index is 0.0887. The zero-order valence-electron chi connectivity index (χ0n) is 23.7. The van der Waals surface area contributed by atoms with Crippen LogP contribution in [-0.4, -0.2) is 57.3 Å². The number of carbonyl (C=O) groups excluding carboxylic acids is 3. The summed E-state index contributed by atoms with van der Waals surface area (Å²) in [5.74, 6) is -1.37. The van der Waals surface area contributed by atoms with E-state index in [0.717, 1.165) is 5.56 Å². The van der Waals surface area contributed by atoms with E-state index in [9.17, 15) is 19.5 Å². The molecule has 0 bridgehead atoms. The summed E-state index contributed by atoms with van der Waals surface area (Å²) in [5, 5.41) is 14.5. The van der Waals surface area contributed by atoms with Crippen molar-refractivity contribution in [2.45, 2.75) is 90.7 Å². The molecular formula is C27H46N4O5S. The molecule has 3 atom stereocenters. The number of ether oxygens (including phenoxy) is 1. The summed E-state index contributed by atoms with van der Waals surface area (Å²) in [7, 11) is 0. The average Bonchev–Trinajstić information content (AvgIpc) is 2.75. The van der Waals surface area contributed by atoms with Crippen LogP contribution in [0, 0.1) is 11.3 Å². The number of thioether (sulfide) groups is 1.